The van der Waals surface area contributed by atoms with Gasteiger partial charge in [-0.05, 0) is 48.5 Å². The Balaban J connectivity index is 0.00000280. The summed E-state index contributed by atoms with van der Waals surface area (Å²) < 4.78 is 33.1. The van der Waals surface area contributed by atoms with E-state index in [9.17, 15) is 8.42 Å². The first-order valence-corrected chi connectivity index (χ1v) is 10.0. The van der Waals surface area contributed by atoms with Gasteiger partial charge in [-0.2, -0.15) is 0 Å². The first kappa shape index (κ1) is 21.8. The third-order valence-electron chi connectivity index (χ3n) is 3.59. The molecule has 0 aliphatic heterocycles. The maximum absolute atomic E-state index is 12.4. The summed E-state index contributed by atoms with van der Waals surface area (Å²) in [6.45, 7) is 1.03. The minimum absolute atomic E-state index is 0. The van der Waals surface area contributed by atoms with E-state index >= 15 is 0 Å². The highest BCUT2D eigenvalue weighted by molar-refractivity contribution is 7.92. The van der Waals surface area contributed by atoms with Crippen LogP contribution in [0, 0.1) is 0 Å². The number of pyridine rings is 1. The maximum Gasteiger partial charge on any atom is 0.261 e. The summed E-state index contributed by atoms with van der Waals surface area (Å²) in [5.41, 5.74) is 1.38. The smallest absolute Gasteiger partial charge is 0.261 e. The topological polar surface area (TPSA) is 80.3 Å². The van der Waals surface area contributed by atoms with Crippen LogP contribution in [-0.2, 0) is 10.0 Å². The molecule has 0 spiro atoms. The largest absolute Gasteiger partial charge is 0.492 e. The van der Waals surface area contributed by atoms with Crippen molar-refractivity contribution >= 4 is 45.4 Å². The predicted molar refractivity (Wildman–Crippen MR) is 114 cm³/mol. The molecule has 0 amide bonds. The van der Waals surface area contributed by atoms with E-state index in [0.717, 1.165) is 5.69 Å². The Morgan fingerprint density at radius 1 is 0.964 bits per heavy atom. The Hall–Kier alpha value is -2.48. The molecule has 0 saturated carbocycles. The molecule has 28 heavy (non-hydrogen) atoms. The van der Waals surface area contributed by atoms with Crippen LogP contribution >= 0.6 is 24.0 Å². The molecule has 0 saturated heterocycles. The number of anilines is 2. The number of rotatable bonds is 8. The van der Waals surface area contributed by atoms with Crippen LogP contribution in [-0.4, -0.2) is 26.6 Å². The average Bonchev–Trinajstić information content (AvgIpc) is 2.66. The second-order valence-corrected chi connectivity index (χ2v) is 7.72. The van der Waals surface area contributed by atoms with Crippen molar-refractivity contribution in [2.75, 3.05) is 23.2 Å². The average molecular weight is 440 g/mol. The van der Waals surface area contributed by atoms with Crippen LogP contribution < -0.4 is 14.8 Å². The van der Waals surface area contributed by atoms with Crippen molar-refractivity contribution < 1.29 is 13.2 Å². The first-order chi connectivity index (χ1) is 13.0. The molecule has 0 atom stereocenters. The van der Waals surface area contributed by atoms with Crippen molar-refractivity contribution in [1.82, 2.24) is 4.98 Å². The van der Waals surface area contributed by atoms with Crippen LogP contribution in [0.4, 0.5) is 11.4 Å². The Kier molecular flexibility index (Phi) is 7.92. The van der Waals surface area contributed by atoms with Gasteiger partial charge in [-0.3, -0.25) is 9.71 Å². The molecule has 0 aliphatic rings. The normalized spacial score (nSPS) is 10.6. The van der Waals surface area contributed by atoms with Gasteiger partial charge in [-0.15, -0.1) is 12.4 Å². The molecule has 0 bridgehead atoms. The number of hydrogen-bond donors (Lipinski definition) is 2. The SMILES string of the molecule is Cl.O=S(=O)(Nc1cccc(OCCNc2ccncc2)c1)c1ccc(Cl)cc1. The molecule has 6 nitrogen and oxygen atoms in total. The summed E-state index contributed by atoms with van der Waals surface area (Å²) in [4.78, 5) is 4.09. The van der Waals surface area contributed by atoms with Crippen LogP contribution in [0.25, 0.3) is 0 Å². The van der Waals surface area contributed by atoms with E-state index < -0.39 is 10.0 Å². The second-order valence-electron chi connectivity index (χ2n) is 5.60. The number of aromatic nitrogens is 1. The monoisotopic (exact) mass is 439 g/mol. The Labute approximate surface area is 175 Å². The summed E-state index contributed by atoms with van der Waals surface area (Å²) >= 11 is 5.80. The minimum Gasteiger partial charge on any atom is -0.492 e. The van der Waals surface area contributed by atoms with Gasteiger partial charge in [-0.1, -0.05) is 17.7 Å². The summed E-state index contributed by atoms with van der Waals surface area (Å²) in [6, 6.07) is 16.5. The minimum atomic E-state index is -3.69. The zero-order chi connectivity index (χ0) is 19.1. The zero-order valence-electron chi connectivity index (χ0n) is 14.7. The number of nitrogens with one attached hydrogen (secondary N) is 2. The second kappa shape index (κ2) is 10.2. The lowest BCUT2D eigenvalue weighted by Crippen LogP contribution is -2.13. The molecular formula is C19H19Cl2N3O3S. The highest BCUT2D eigenvalue weighted by atomic mass is 35.5. The van der Waals surface area contributed by atoms with Gasteiger partial charge in [0, 0.05) is 35.7 Å². The third kappa shape index (κ3) is 6.30. The van der Waals surface area contributed by atoms with E-state index in [1.807, 2.05) is 12.1 Å². The number of benzene rings is 2. The van der Waals surface area contributed by atoms with Crippen LogP contribution in [0.15, 0.2) is 78.0 Å². The molecule has 0 radical (unpaired) electrons. The molecule has 3 aromatic rings. The van der Waals surface area contributed by atoms with Gasteiger partial charge < -0.3 is 10.1 Å². The molecule has 3 rings (SSSR count). The Bertz CT molecular complexity index is 985. The van der Waals surface area contributed by atoms with Crippen molar-refractivity contribution in [3.8, 4) is 5.75 Å². The van der Waals surface area contributed by atoms with Crippen molar-refractivity contribution in [2.24, 2.45) is 0 Å². The molecule has 1 heterocycles. The number of sulfonamides is 1. The van der Waals surface area contributed by atoms with Crippen LogP contribution in [0.1, 0.15) is 0 Å². The molecule has 0 aliphatic carbocycles. The Morgan fingerprint density at radius 3 is 2.39 bits per heavy atom. The fourth-order valence-electron chi connectivity index (χ4n) is 2.31. The number of ether oxygens (including phenoxy) is 1. The summed E-state index contributed by atoms with van der Waals surface area (Å²) in [5, 5.41) is 3.68. The molecular weight excluding hydrogens is 421 g/mol. The van der Waals surface area contributed by atoms with Crippen molar-refractivity contribution in [2.45, 2.75) is 4.90 Å². The van der Waals surface area contributed by atoms with Gasteiger partial charge in [0.05, 0.1) is 10.6 Å². The highest BCUT2D eigenvalue weighted by Gasteiger charge is 2.14. The standard InChI is InChI=1S/C19H18ClN3O3S.ClH/c20-15-4-6-19(7-5-15)27(24,25)23-17-2-1-3-18(14-17)26-13-12-22-16-8-10-21-11-9-16;/h1-11,14,23H,12-13H2,(H,21,22);1H. The summed E-state index contributed by atoms with van der Waals surface area (Å²) in [5.74, 6) is 0.572. The molecule has 2 N–H and O–H groups in total. The van der Waals surface area contributed by atoms with Crippen molar-refractivity contribution in [3.63, 3.8) is 0 Å². The molecule has 2 aromatic carbocycles. The van der Waals surface area contributed by atoms with E-state index in [2.05, 4.69) is 15.0 Å². The lowest BCUT2D eigenvalue weighted by Gasteiger charge is -2.11. The van der Waals surface area contributed by atoms with Crippen molar-refractivity contribution in [1.29, 1.82) is 0 Å². The van der Waals surface area contributed by atoms with Gasteiger partial charge in [0.2, 0.25) is 0 Å². The third-order valence-corrected chi connectivity index (χ3v) is 5.24. The molecule has 9 heteroatoms. The summed E-state index contributed by atoms with van der Waals surface area (Å²) in [6.07, 6.45) is 3.42. The fourth-order valence-corrected chi connectivity index (χ4v) is 3.49. The van der Waals surface area contributed by atoms with Gasteiger partial charge >= 0.3 is 0 Å². The molecule has 148 valence electrons. The van der Waals surface area contributed by atoms with Gasteiger partial charge in [0.1, 0.15) is 12.4 Å². The lowest BCUT2D eigenvalue weighted by atomic mass is 10.3. The van der Waals surface area contributed by atoms with E-state index in [1.165, 1.54) is 24.3 Å². The Morgan fingerprint density at radius 2 is 1.68 bits per heavy atom. The van der Waals surface area contributed by atoms with Gasteiger partial charge in [0.15, 0.2) is 0 Å². The molecule has 0 unspecified atom stereocenters. The zero-order valence-corrected chi connectivity index (χ0v) is 17.1. The lowest BCUT2D eigenvalue weighted by molar-refractivity contribution is 0.333. The van der Waals surface area contributed by atoms with Crippen LogP contribution in [0.2, 0.25) is 5.02 Å². The number of halogens is 2. The van der Waals surface area contributed by atoms with E-state index in [4.69, 9.17) is 16.3 Å². The van der Waals surface area contributed by atoms with Crippen LogP contribution in [0.3, 0.4) is 0 Å². The number of hydrogen-bond acceptors (Lipinski definition) is 5. The fraction of sp³-hybridized carbons (Fsp3) is 0.105. The van der Waals surface area contributed by atoms with E-state index in [1.54, 1.807) is 36.7 Å². The predicted octanol–water partition coefficient (Wildman–Crippen LogP) is 4.45. The molecule has 1 aromatic heterocycles. The van der Waals surface area contributed by atoms with Crippen LogP contribution in [0.5, 0.6) is 5.75 Å². The van der Waals surface area contributed by atoms with E-state index in [0.29, 0.717) is 29.6 Å². The quantitative estimate of drug-likeness (QED) is 0.506. The highest BCUT2D eigenvalue weighted by Crippen LogP contribution is 2.22. The maximum atomic E-state index is 12.4. The molecule has 0 fully saturated rings. The summed E-state index contributed by atoms with van der Waals surface area (Å²) in [7, 11) is -3.69. The van der Waals surface area contributed by atoms with E-state index in [-0.39, 0.29) is 17.3 Å². The van der Waals surface area contributed by atoms with Gasteiger partial charge in [-0.25, -0.2) is 8.42 Å². The van der Waals surface area contributed by atoms with Crippen molar-refractivity contribution in [3.05, 3.63) is 78.1 Å². The number of nitrogens with zero attached hydrogens (tertiary/aromatic N) is 1. The van der Waals surface area contributed by atoms with Gasteiger partial charge in [0.25, 0.3) is 10.0 Å². The first-order valence-electron chi connectivity index (χ1n) is 8.18.